The van der Waals surface area contributed by atoms with Gasteiger partial charge in [-0.15, -0.1) is 0 Å². The van der Waals surface area contributed by atoms with Gasteiger partial charge in [0.05, 0.1) is 30.2 Å². The van der Waals surface area contributed by atoms with Gasteiger partial charge in [-0.25, -0.2) is 8.42 Å². The molecule has 0 aromatic heterocycles. The lowest BCUT2D eigenvalue weighted by Gasteiger charge is -2.27. The number of halogens is 1. The molecular weight excluding hydrogens is 402 g/mol. The van der Waals surface area contributed by atoms with Crippen molar-refractivity contribution in [2.75, 3.05) is 27.0 Å². The number of amides is 1. The van der Waals surface area contributed by atoms with Crippen molar-refractivity contribution in [2.45, 2.75) is 23.8 Å². The van der Waals surface area contributed by atoms with Crippen LogP contribution in [0.2, 0.25) is 5.02 Å². The molecule has 2 aromatic rings. The summed E-state index contributed by atoms with van der Waals surface area (Å²) in [5, 5.41) is 0.105. The fourth-order valence-electron chi connectivity index (χ4n) is 3.51. The SMILES string of the molecule is COc1ccc(C2CCCN2C(=O)c2ccc(Cl)c(S(C)(=O)=O)c2)c(OC)c1. The topological polar surface area (TPSA) is 72.9 Å². The van der Waals surface area contributed by atoms with Crippen molar-refractivity contribution in [1.29, 1.82) is 0 Å². The maximum atomic E-state index is 13.2. The van der Waals surface area contributed by atoms with E-state index in [1.165, 1.54) is 12.1 Å². The van der Waals surface area contributed by atoms with E-state index in [-0.39, 0.29) is 21.9 Å². The highest BCUT2D eigenvalue weighted by Gasteiger charge is 2.33. The highest BCUT2D eigenvalue weighted by molar-refractivity contribution is 7.90. The lowest BCUT2D eigenvalue weighted by Crippen LogP contribution is -2.31. The molecule has 8 heteroatoms. The van der Waals surface area contributed by atoms with Crippen LogP contribution in [0.15, 0.2) is 41.3 Å². The van der Waals surface area contributed by atoms with Crippen molar-refractivity contribution >= 4 is 27.3 Å². The Balaban J connectivity index is 1.97. The zero-order chi connectivity index (χ0) is 20.5. The minimum Gasteiger partial charge on any atom is -0.497 e. The summed E-state index contributed by atoms with van der Waals surface area (Å²) in [6.07, 6.45) is 2.71. The first-order valence-corrected chi connectivity index (χ1v) is 11.1. The van der Waals surface area contributed by atoms with Gasteiger partial charge in [-0.3, -0.25) is 4.79 Å². The Hall–Kier alpha value is -2.25. The zero-order valence-corrected chi connectivity index (χ0v) is 17.5. The Bertz CT molecular complexity index is 1010. The molecule has 1 fully saturated rings. The minimum atomic E-state index is -3.53. The molecule has 28 heavy (non-hydrogen) atoms. The Morgan fingerprint density at radius 3 is 2.54 bits per heavy atom. The highest BCUT2D eigenvalue weighted by atomic mass is 35.5. The Morgan fingerprint density at radius 2 is 1.89 bits per heavy atom. The quantitative estimate of drug-likeness (QED) is 0.732. The average molecular weight is 424 g/mol. The third-order valence-corrected chi connectivity index (χ3v) is 6.47. The van der Waals surface area contributed by atoms with Crippen molar-refractivity contribution in [1.82, 2.24) is 4.90 Å². The standard InChI is InChI=1S/C20H22ClNO5S/c1-26-14-7-8-15(18(12-14)27-2)17-5-4-10-22(17)20(23)13-6-9-16(21)19(11-13)28(3,24)25/h6-9,11-12,17H,4-5,10H2,1-3H3. The van der Waals surface area contributed by atoms with Gasteiger partial charge in [0.2, 0.25) is 0 Å². The summed E-state index contributed by atoms with van der Waals surface area (Å²) in [6.45, 7) is 0.579. The summed E-state index contributed by atoms with van der Waals surface area (Å²) < 4.78 is 34.6. The second-order valence-corrected chi connectivity index (χ2v) is 9.07. The second-order valence-electron chi connectivity index (χ2n) is 6.68. The Morgan fingerprint density at radius 1 is 1.14 bits per heavy atom. The lowest BCUT2D eigenvalue weighted by atomic mass is 10.0. The first-order valence-electron chi connectivity index (χ1n) is 8.78. The van der Waals surface area contributed by atoms with Crippen LogP contribution in [0, 0.1) is 0 Å². The van der Waals surface area contributed by atoms with Crippen molar-refractivity contribution in [3.8, 4) is 11.5 Å². The molecular formula is C20H22ClNO5S. The van der Waals surface area contributed by atoms with E-state index in [0.717, 1.165) is 24.7 Å². The maximum absolute atomic E-state index is 13.2. The van der Waals surface area contributed by atoms with Crippen molar-refractivity contribution in [3.63, 3.8) is 0 Å². The van der Waals surface area contributed by atoms with Crippen LogP contribution in [-0.4, -0.2) is 46.2 Å². The first kappa shape index (κ1) is 20.5. The number of hydrogen-bond acceptors (Lipinski definition) is 5. The van der Waals surface area contributed by atoms with Crippen molar-refractivity contribution in [2.24, 2.45) is 0 Å². The molecule has 6 nitrogen and oxygen atoms in total. The van der Waals surface area contributed by atoms with Crippen LogP contribution < -0.4 is 9.47 Å². The van der Waals surface area contributed by atoms with Crippen molar-refractivity contribution in [3.05, 3.63) is 52.5 Å². The van der Waals surface area contributed by atoms with E-state index in [2.05, 4.69) is 0 Å². The molecule has 0 spiro atoms. The number of ether oxygens (including phenoxy) is 2. The monoisotopic (exact) mass is 423 g/mol. The van der Waals surface area contributed by atoms with Gasteiger partial charge in [-0.05, 0) is 43.2 Å². The lowest BCUT2D eigenvalue weighted by molar-refractivity contribution is 0.0734. The number of methoxy groups -OCH3 is 2. The largest absolute Gasteiger partial charge is 0.497 e. The van der Waals surface area contributed by atoms with E-state index in [9.17, 15) is 13.2 Å². The molecule has 0 N–H and O–H groups in total. The van der Waals surface area contributed by atoms with Gasteiger partial charge in [-0.2, -0.15) is 0 Å². The van der Waals surface area contributed by atoms with E-state index in [1.54, 1.807) is 31.3 Å². The molecule has 0 aliphatic carbocycles. The van der Waals surface area contributed by atoms with Crippen molar-refractivity contribution < 1.29 is 22.7 Å². The number of likely N-dealkylation sites (tertiary alicyclic amines) is 1. The third-order valence-electron chi connectivity index (χ3n) is 4.89. The predicted molar refractivity (Wildman–Crippen MR) is 107 cm³/mol. The van der Waals surface area contributed by atoms with E-state index in [0.29, 0.717) is 23.6 Å². The van der Waals surface area contributed by atoms with Crippen LogP contribution in [0.3, 0.4) is 0 Å². The molecule has 1 aliphatic rings. The first-order chi connectivity index (χ1) is 13.3. The van der Waals surface area contributed by atoms with Gasteiger partial charge in [-0.1, -0.05) is 11.6 Å². The molecule has 150 valence electrons. The Labute approximate surface area is 169 Å². The van der Waals surface area contributed by atoms with E-state index in [4.69, 9.17) is 21.1 Å². The minimum absolute atomic E-state index is 0.0437. The number of nitrogens with zero attached hydrogens (tertiary/aromatic N) is 1. The normalized spacial score (nSPS) is 16.9. The molecule has 1 aliphatic heterocycles. The van der Waals surface area contributed by atoms with Gasteiger partial charge in [0.1, 0.15) is 11.5 Å². The molecule has 2 aromatic carbocycles. The fraction of sp³-hybridized carbons (Fsp3) is 0.350. The van der Waals surface area contributed by atoms with Gasteiger partial charge < -0.3 is 14.4 Å². The van der Waals surface area contributed by atoms with Crippen LogP contribution in [0.5, 0.6) is 11.5 Å². The molecule has 1 amide bonds. The summed E-state index contributed by atoms with van der Waals surface area (Å²) in [6, 6.07) is 9.72. The molecule has 3 rings (SSSR count). The number of benzene rings is 2. The summed E-state index contributed by atoms with van der Waals surface area (Å²) in [7, 11) is -0.370. The summed E-state index contributed by atoms with van der Waals surface area (Å²) in [5.41, 5.74) is 1.19. The molecule has 1 heterocycles. The van der Waals surface area contributed by atoms with Crippen LogP contribution in [0.25, 0.3) is 0 Å². The maximum Gasteiger partial charge on any atom is 0.254 e. The molecule has 0 radical (unpaired) electrons. The van der Waals surface area contributed by atoms with Gasteiger partial charge in [0.25, 0.3) is 5.91 Å². The highest BCUT2D eigenvalue weighted by Crippen LogP contribution is 2.39. The van der Waals surface area contributed by atoms with Crippen LogP contribution in [-0.2, 0) is 9.84 Å². The number of sulfone groups is 1. The number of hydrogen-bond donors (Lipinski definition) is 0. The van der Waals surface area contributed by atoms with Gasteiger partial charge in [0.15, 0.2) is 9.84 Å². The summed E-state index contributed by atoms with van der Waals surface area (Å²) in [5.74, 6) is 1.09. The number of carbonyl (C=O) groups excluding carboxylic acids is 1. The van der Waals surface area contributed by atoms with E-state index in [1.807, 2.05) is 12.1 Å². The van der Waals surface area contributed by atoms with Crippen LogP contribution in [0.1, 0.15) is 34.8 Å². The molecule has 1 unspecified atom stereocenters. The molecule has 0 saturated carbocycles. The fourth-order valence-corrected chi connectivity index (χ4v) is 4.81. The zero-order valence-electron chi connectivity index (χ0n) is 15.9. The number of rotatable bonds is 5. The Kier molecular flexibility index (Phi) is 5.86. The van der Waals surface area contributed by atoms with E-state index >= 15 is 0 Å². The predicted octanol–water partition coefficient (Wildman–Crippen LogP) is 3.74. The van der Waals surface area contributed by atoms with Crippen LogP contribution >= 0.6 is 11.6 Å². The van der Waals surface area contributed by atoms with Gasteiger partial charge in [0, 0.05) is 30.0 Å². The van der Waals surface area contributed by atoms with Crippen LogP contribution in [0.4, 0.5) is 0 Å². The molecule has 0 bridgehead atoms. The van der Waals surface area contributed by atoms with E-state index < -0.39 is 9.84 Å². The second kappa shape index (κ2) is 8.01. The molecule has 1 atom stereocenters. The summed E-state index contributed by atoms with van der Waals surface area (Å²) in [4.78, 5) is 14.9. The average Bonchev–Trinajstić information content (AvgIpc) is 3.15. The van der Waals surface area contributed by atoms with Gasteiger partial charge >= 0.3 is 0 Å². The smallest absolute Gasteiger partial charge is 0.254 e. The number of carbonyl (C=O) groups is 1. The summed E-state index contributed by atoms with van der Waals surface area (Å²) >= 11 is 6.01. The molecule has 1 saturated heterocycles. The third kappa shape index (κ3) is 3.95.